The maximum Gasteiger partial charge on any atom is 0.264 e. The highest BCUT2D eigenvalue weighted by molar-refractivity contribution is 7.92. The third kappa shape index (κ3) is 4.69. The van der Waals surface area contributed by atoms with Gasteiger partial charge in [-0.3, -0.25) is 9.10 Å². The predicted molar refractivity (Wildman–Crippen MR) is 117 cm³/mol. The zero-order valence-corrected chi connectivity index (χ0v) is 17.3. The Balaban J connectivity index is 1.84. The molecule has 154 valence electrons. The summed E-state index contributed by atoms with van der Waals surface area (Å²) in [5.41, 5.74) is 1.03. The fourth-order valence-electron chi connectivity index (χ4n) is 2.74. The lowest BCUT2D eigenvalue weighted by Crippen LogP contribution is -2.31. The highest BCUT2D eigenvalue weighted by Crippen LogP contribution is 2.25. The minimum Gasteiger partial charge on any atom is -0.322 e. The van der Waals surface area contributed by atoms with Gasteiger partial charge in [-0.2, -0.15) is 0 Å². The summed E-state index contributed by atoms with van der Waals surface area (Å²) >= 11 is 5.73. The van der Waals surface area contributed by atoms with Crippen molar-refractivity contribution in [1.29, 1.82) is 0 Å². The quantitative estimate of drug-likeness (QED) is 0.515. The normalized spacial score (nSPS) is 11.0. The first kappa shape index (κ1) is 21.5. The third-order valence-corrected chi connectivity index (χ3v) is 6.32. The Kier molecular flexibility index (Phi) is 6.54. The van der Waals surface area contributed by atoms with Crippen molar-refractivity contribution in [2.45, 2.75) is 4.90 Å². The summed E-state index contributed by atoms with van der Waals surface area (Å²) in [5.74, 6) is -1.02. The molecular formula is C22H18ClFN2O3S. The molecule has 0 aliphatic heterocycles. The van der Waals surface area contributed by atoms with E-state index >= 15 is 0 Å². The van der Waals surface area contributed by atoms with E-state index in [4.69, 9.17) is 11.6 Å². The van der Waals surface area contributed by atoms with Crippen LogP contribution >= 0.6 is 11.6 Å². The molecule has 0 aromatic heterocycles. The van der Waals surface area contributed by atoms with Crippen molar-refractivity contribution in [3.8, 4) is 0 Å². The van der Waals surface area contributed by atoms with Crippen LogP contribution in [0.3, 0.4) is 0 Å². The average molecular weight is 445 g/mol. The molecule has 0 atom stereocenters. The molecule has 3 aromatic carbocycles. The summed E-state index contributed by atoms with van der Waals surface area (Å²) in [6, 6.07) is 18.0. The SMILES string of the molecule is C=CCN(c1ccc(C(=O)Nc2ccc(F)c(Cl)c2)cc1)S(=O)(=O)c1ccccc1. The van der Waals surface area contributed by atoms with Gasteiger partial charge in [-0.15, -0.1) is 6.58 Å². The Morgan fingerprint density at radius 2 is 1.73 bits per heavy atom. The Morgan fingerprint density at radius 1 is 1.07 bits per heavy atom. The van der Waals surface area contributed by atoms with Crippen molar-refractivity contribution in [3.63, 3.8) is 0 Å². The molecule has 8 heteroatoms. The van der Waals surface area contributed by atoms with Crippen LogP contribution in [0.2, 0.25) is 5.02 Å². The van der Waals surface area contributed by atoms with Crippen LogP contribution in [0, 0.1) is 5.82 Å². The molecule has 3 rings (SSSR count). The number of halogens is 2. The minimum atomic E-state index is -3.80. The second-order valence-electron chi connectivity index (χ2n) is 6.27. The summed E-state index contributed by atoms with van der Waals surface area (Å²) < 4.78 is 40.5. The van der Waals surface area contributed by atoms with Crippen LogP contribution in [0.4, 0.5) is 15.8 Å². The van der Waals surface area contributed by atoms with E-state index in [0.717, 1.165) is 6.07 Å². The molecule has 0 saturated carbocycles. The number of carbonyl (C=O) groups excluding carboxylic acids is 1. The molecule has 0 radical (unpaired) electrons. The number of hydrogen-bond donors (Lipinski definition) is 1. The van der Waals surface area contributed by atoms with Crippen molar-refractivity contribution in [2.75, 3.05) is 16.2 Å². The molecule has 0 fully saturated rings. The van der Waals surface area contributed by atoms with Gasteiger partial charge in [-0.05, 0) is 54.6 Å². The topological polar surface area (TPSA) is 66.5 Å². The third-order valence-electron chi connectivity index (χ3n) is 4.22. The van der Waals surface area contributed by atoms with Gasteiger partial charge in [0.1, 0.15) is 5.82 Å². The van der Waals surface area contributed by atoms with E-state index < -0.39 is 21.7 Å². The van der Waals surface area contributed by atoms with Gasteiger partial charge in [0, 0.05) is 11.3 Å². The number of anilines is 2. The Hall–Kier alpha value is -3.16. The lowest BCUT2D eigenvalue weighted by Gasteiger charge is -2.23. The first-order valence-electron chi connectivity index (χ1n) is 8.88. The largest absolute Gasteiger partial charge is 0.322 e. The van der Waals surface area contributed by atoms with Crippen LogP contribution in [0.15, 0.2) is 90.3 Å². The van der Waals surface area contributed by atoms with E-state index in [0.29, 0.717) is 16.9 Å². The van der Waals surface area contributed by atoms with Gasteiger partial charge in [-0.1, -0.05) is 35.9 Å². The summed E-state index contributed by atoms with van der Waals surface area (Å²) in [4.78, 5) is 12.6. The molecule has 0 unspecified atom stereocenters. The number of nitrogens with zero attached hydrogens (tertiary/aromatic N) is 1. The second kappa shape index (κ2) is 9.11. The highest BCUT2D eigenvalue weighted by Gasteiger charge is 2.24. The van der Waals surface area contributed by atoms with E-state index in [-0.39, 0.29) is 16.5 Å². The smallest absolute Gasteiger partial charge is 0.264 e. The summed E-state index contributed by atoms with van der Waals surface area (Å²) in [5, 5.41) is 2.52. The van der Waals surface area contributed by atoms with Gasteiger partial charge in [-0.25, -0.2) is 12.8 Å². The fourth-order valence-corrected chi connectivity index (χ4v) is 4.37. The number of amides is 1. The molecule has 1 N–H and O–H groups in total. The molecule has 1 amide bonds. The van der Waals surface area contributed by atoms with Gasteiger partial charge in [0.2, 0.25) is 0 Å². The zero-order valence-electron chi connectivity index (χ0n) is 15.8. The summed E-state index contributed by atoms with van der Waals surface area (Å²) in [7, 11) is -3.80. The van der Waals surface area contributed by atoms with Gasteiger partial charge in [0.15, 0.2) is 0 Å². The summed E-state index contributed by atoms with van der Waals surface area (Å²) in [6.07, 6.45) is 1.49. The van der Waals surface area contributed by atoms with Crippen molar-refractivity contribution in [1.82, 2.24) is 0 Å². The van der Waals surface area contributed by atoms with E-state index in [1.54, 1.807) is 18.2 Å². The van der Waals surface area contributed by atoms with Crippen molar-refractivity contribution >= 4 is 38.9 Å². The fraction of sp³-hybridized carbons (Fsp3) is 0.0455. The van der Waals surface area contributed by atoms with Gasteiger partial charge in [0.25, 0.3) is 15.9 Å². The number of sulfonamides is 1. The van der Waals surface area contributed by atoms with Crippen molar-refractivity contribution in [2.24, 2.45) is 0 Å². The standard InChI is InChI=1S/C22H18ClFN2O3S/c1-2-14-26(30(28,29)19-6-4-3-5-7-19)18-11-8-16(9-12-18)22(27)25-17-10-13-21(24)20(23)15-17/h2-13,15H,1,14H2,(H,25,27). The van der Waals surface area contributed by atoms with Crippen LogP contribution in [0.25, 0.3) is 0 Å². The highest BCUT2D eigenvalue weighted by atomic mass is 35.5. The maximum atomic E-state index is 13.3. The van der Waals surface area contributed by atoms with Crippen LogP contribution in [0.1, 0.15) is 10.4 Å². The van der Waals surface area contributed by atoms with E-state index in [1.807, 2.05) is 0 Å². The minimum absolute atomic E-state index is 0.0663. The first-order valence-corrected chi connectivity index (χ1v) is 10.7. The van der Waals surface area contributed by atoms with Gasteiger partial charge >= 0.3 is 0 Å². The van der Waals surface area contributed by atoms with E-state index in [9.17, 15) is 17.6 Å². The molecule has 0 aliphatic rings. The molecule has 0 bridgehead atoms. The summed E-state index contributed by atoms with van der Waals surface area (Å²) in [6.45, 7) is 3.70. The molecular weight excluding hydrogens is 427 g/mol. The van der Waals surface area contributed by atoms with Crippen LogP contribution in [0.5, 0.6) is 0 Å². The van der Waals surface area contributed by atoms with Crippen molar-refractivity contribution in [3.05, 3.63) is 102 Å². The lowest BCUT2D eigenvalue weighted by molar-refractivity contribution is 0.102. The monoisotopic (exact) mass is 444 g/mol. The number of hydrogen-bond acceptors (Lipinski definition) is 3. The molecule has 0 spiro atoms. The average Bonchev–Trinajstić information content (AvgIpc) is 2.75. The maximum absolute atomic E-state index is 13.3. The number of nitrogens with one attached hydrogen (secondary N) is 1. The van der Waals surface area contributed by atoms with Gasteiger partial charge < -0.3 is 5.32 Å². The Morgan fingerprint density at radius 3 is 2.33 bits per heavy atom. The molecule has 0 heterocycles. The lowest BCUT2D eigenvalue weighted by atomic mass is 10.2. The molecule has 5 nitrogen and oxygen atoms in total. The van der Waals surface area contributed by atoms with Crippen LogP contribution < -0.4 is 9.62 Å². The van der Waals surface area contributed by atoms with E-state index in [1.165, 1.54) is 58.9 Å². The predicted octanol–water partition coefficient (Wildman–Crippen LogP) is 5.11. The van der Waals surface area contributed by atoms with Crippen LogP contribution in [-0.4, -0.2) is 20.9 Å². The molecule has 3 aromatic rings. The molecule has 0 aliphatic carbocycles. The Labute approximate surface area is 179 Å². The molecule has 0 saturated heterocycles. The molecule has 30 heavy (non-hydrogen) atoms. The zero-order chi connectivity index (χ0) is 21.7. The van der Waals surface area contributed by atoms with Crippen molar-refractivity contribution < 1.29 is 17.6 Å². The Bertz CT molecular complexity index is 1170. The number of carbonyl (C=O) groups is 1. The van der Waals surface area contributed by atoms with Crippen LogP contribution in [-0.2, 0) is 10.0 Å². The number of rotatable bonds is 7. The number of benzene rings is 3. The van der Waals surface area contributed by atoms with Gasteiger partial charge in [0.05, 0.1) is 22.2 Å². The first-order chi connectivity index (χ1) is 14.3. The van der Waals surface area contributed by atoms with E-state index in [2.05, 4.69) is 11.9 Å². The second-order valence-corrected chi connectivity index (χ2v) is 8.54.